The Morgan fingerprint density at radius 1 is 0.333 bits per heavy atom. The highest BCUT2D eigenvalue weighted by Crippen LogP contribution is 2.42. The van der Waals surface area contributed by atoms with Crippen molar-refractivity contribution in [2.24, 2.45) is 0 Å². The molecule has 4 aromatic carbocycles. The Morgan fingerprint density at radius 2 is 0.528 bits per heavy atom. The molecule has 0 unspecified atom stereocenters. The summed E-state index contributed by atoms with van der Waals surface area (Å²) >= 11 is 0. The van der Waals surface area contributed by atoms with E-state index in [2.05, 4.69) is 96.1 Å². The standard InChI is InChI=1S/C33H39N3/c1-31(2,22-7-13-28(34)14-8-22)25-19-26(32(3,4)23-9-15-29(35)16-10-23)21-27(20-25)33(5,6)24-11-17-30(36)18-12-24/h7-21H,34-36H2,1-6H3. The van der Waals surface area contributed by atoms with Gasteiger partial charge in [0.2, 0.25) is 0 Å². The summed E-state index contributed by atoms with van der Waals surface area (Å²) in [7, 11) is 0. The SMILES string of the molecule is CC(C)(c1ccc(N)cc1)c1cc(C(C)(C)c2ccc(N)cc2)cc(C(C)(C)c2ccc(N)cc2)c1. The first-order valence-corrected chi connectivity index (χ1v) is 12.6. The van der Waals surface area contributed by atoms with Gasteiger partial charge in [-0.1, -0.05) is 96.1 Å². The lowest BCUT2D eigenvalue weighted by Gasteiger charge is -2.35. The van der Waals surface area contributed by atoms with E-state index in [9.17, 15) is 0 Å². The minimum absolute atomic E-state index is 0.215. The summed E-state index contributed by atoms with van der Waals surface area (Å²) in [5.41, 5.74) is 27.2. The molecular weight excluding hydrogens is 438 g/mol. The Labute approximate surface area is 216 Å². The van der Waals surface area contributed by atoms with Crippen LogP contribution in [-0.4, -0.2) is 0 Å². The molecule has 0 aliphatic rings. The molecular formula is C33H39N3. The fourth-order valence-corrected chi connectivity index (χ4v) is 4.91. The van der Waals surface area contributed by atoms with Gasteiger partial charge in [0.1, 0.15) is 0 Å². The molecule has 0 fully saturated rings. The van der Waals surface area contributed by atoms with Gasteiger partial charge >= 0.3 is 0 Å². The summed E-state index contributed by atoms with van der Waals surface area (Å²) in [6.45, 7) is 13.7. The van der Waals surface area contributed by atoms with Gasteiger partial charge in [-0.05, 0) is 69.8 Å². The van der Waals surface area contributed by atoms with E-state index in [-0.39, 0.29) is 16.2 Å². The maximum atomic E-state index is 6.00. The highest BCUT2D eigenvalue weighted by molar-refractivity contribution is 5.53. The monoisotopic (exact) mass is 477 g/mol. The van der Waals surface area contributed by atoms with E-state index in [1.807, 2.05) is 36.4 Å². The molecule has 186 valence electrons. The van der Waals surface area contributed by atoms with Gasteiger partial charge in [-0.3, -0.25) is 0 Å². The Morgan fingerprint density at radius 3 is 0.722 bits per heavy atom. The third-order valence-electron chi connectivity index (χ3n) is 8.00. The van der Waals surface area contributed by atoms with E-state index in [0.29, 0.717) is 0 Å². The second kappa shape index (κ2) is 9.05. The van der Waals surface area contributed by atoms with Gasteiger partial charge in [0.15, 0.2) is 0 Å². The molecule has 0 radical (unpaired) electrons. The molecule has 0 aromatic heterocycles. The Balaban J connectivity index is 1.93. The average Bonchev–Trinajstić information content (AvgIpc) is 2.84. The highest BCUT2D eigenvalue weighted by Gasteiger charge is 2.32. The number of hydrogen-bond donors (Lipinski definition) is 3. The van der Waals surface area contributed by atoms with E-state index in [0.717, 1.165) is 17.1 Å². The number of nitrogen functional groups attached to an aromatic ring is 3. The van der Waals surface area contributed by atoms with Crippen LogP contribution in [0.4, 0.5) is 17.1 Å². The lowest BCUT2D eigenvalue weighted by molar-refractivity contribution is 0.595. The first-order valence-electron chi connectivity index (χ1n) is 12.6. The second-order valence-corrected chi connectivity index (χ2v) is 11.5. The van der Waals surface area contributed by atoms with E-state index in [1.165, 1.54) is 33.4 Å². The van der Waals surface area contributed by atoms with Crippen LogP contribution < -0.4 is 17.2 Å². The highest BCUT2D eigenvalue weighted by atomic mass is 14.5. The van der Waals surface area contributed by atoms with Crippen molar-refractivity contribution in [2.45, 2.75) is 57.8 Å². The van der Waals surface area contributed by atoms with E-state index in [1.54, 1.807) is 0 Å². The van der Waals surface area contributed by atoms with E-state index in [4.69, 9.17) is 17.2 Å². The van der Waals surface area contributed by atoms with Crippen LogP contribution in [0.25, 0.3) is 0 Å². The smallest absolute Gasteiger partial charge is 0.0314 e. The lowest BCUT2D eigenvalue weighted by Crippen LogP contribution is -2.26. The lowest BCUT2D eigenvalue weighted by atomic mass is 9.69. The van der Waals surface area contributed by atoms with Crippen LogP contribution in [0.5, 0.6) is 0 Å². The second-order valence-electron chi connectivity index (χ2n) is 11.5. The van der Waals surface area contributed by atoms with Gasteiger partial charge in [0.25, 0.3) is 0 Å². The van der Waals surface area contributed by atoms with Crippen LogP contribution in [0.15, 0.2) is 91.0 Å². The average molecular weight is 478 g/mol. The fourth-order valence-electron chi connectivity index (χ4n) is 4.91. The van der Waals surface area contributed by atoms with Gasteiger partial charge in [0, 0.05) is 33.3 Å². The third-order valence-corrected chi connectivity index (χ3v) is 8.00. The van der Waals surface area contributed by atoms with Gasteiger partial charge in [0.05, 0.1) is 0 Å². The number of nitrogens with two attached hydrogens (primary N) is 3. The van der Waals surface area contributed by atoms with E-state index >= 15 is 0 Å². The van der Waals surface area contributed by atoms with Crippen LogP contribution >= 0.6 is 0 Å². The Kier molecular flexibility index (Phi) is 6.38. The summed E-state index contributed by atoms with van der Waals surface area (Å²) < 4.78 is 0. The first kappa shape index (κ1) is 25.4. The Bertz CT molecular complexity index is 1160. The van der Waals surface area contributed by atoms with Gasteiger partial charge in [-0.25, -0.2) is 0 Å². The molecule has 0 spiro atoms. The molecule has 4 rings (SSSR count). The molecule has 0 aliphatic carbocycles. The zero-order valence-corrected chi connectivity index (χ0v) is 22.4. The van der Waals surface area contributed by atoms with Crippen LogP contribution in [0, 0.1) is 0 Å². The quantitative estimate of drug-likeness (QED) is 0.253. The number of anilines is 3. The molecule has 0 amide bonds. The van der Waals surface area contributed by atoms with Crippen LogP contribution in [0.1, 0.15) is 74.9 Å². The predicted molar refractivity (Wildman–Crippen MR) is 155 cm³/mol. The molecule has 0 atom stereocenters. The van der Waals surface area contributed by atoms with Gasteiger partial charge in [-0.15, -0.1) is 0 Å². The summed E-state index contributed by atoms with van der Waals surface area (Å²) in [5.74, 6) is 0. The van der Waals surface area contributed by atoms with Crippen LogP contribution in [-0.2, 0) is 16.2 Å². The molecule has 0 aliphatic heterocycles. The zero-order chi connectivity index (χ0) is 26.3. The fraction of sp³-hybridized carbons (Fsp3) is 0.273. The summed E-state index contributed by atoms with van der Waals surface area (Å²) in [6, 6.07) is 31.8. The summed E-state index contributed by atoms with van der Waals surface area (Å²) in [5, 5.41) is 0. The maximum absolute atomic E-state index is 6.00. The van der Waals surface area contributed by atoms with Crippen molar-refractivity contribution in [3.05, 3.63) is 124 Å². The third kappa shape index (κ3) is 4.70. The van der Waals surface area contributed by atoms with Crippen molar-refractivity contribution < 1.29 is 0 Å². The van der Waals surface area contributed by atoms with Crippen molar-refractivity contribution in [3.8, 4) is 0 Å². The number of hydrogen-bond acceptors (Lipinski definition) is 3. The number of benzene rings is 4. The van der Waals surface area contributed by atoms with Gasteiger partial charge in [-0.2, -0.15) is 0 Å². The molecule has 3 heteroatoms. The molecule has 6 N–H and O–H groups in total. The molecule has 36 heavy (non-hydrogen) atoms. The maximum Gasteiger partial charge on any atom is 0.0314 e. The summed E-state index contributed by atoms with van der Waals surface area (Å²) in [4.78, 5) is 0. The normalized spacial score (nSPS) is 12.5. The topological polar surface area (TPSA) is 78.1 Å². The molecule has 4 aromatic rings. The van der Waals surface area contributed by atoms with Crippen LogP contribution in [0.3, 0.4) is 0 Å². The zero-order valence-electron chi connectivity index (χ0n) is 22.4. The molecule has 0 bridgehead atoms. The predicted octanol–water partition coefficient (Wildman–Crippen LogP) is 7.41. The largest absolute Gasteiger partial charge is 0.399 e. The van der Waals surface area contributed by atoms with Crippen molar-refractivity contribution in [1.82, 2.24) is 0 Å². The first-order chi connectivity index (χ1) is 16.8. The van der Waals surface area contributed by atoms with Gasteiger partial charge < -0.3 is 17.2 Å². The molecule has 0 saturated heterocycles. The summed E-state index contributed by atoms with van der Waals surface area (Å²) in [6.07, 6.45) is 0. The van der Waals surface area contributed by atoms with Crippen LogP contribution in [0.2, 0.25) is 0 Å². The number of rotatable bonds is 6. The van der Waals surface area contributed by atoms with Crippen molar-refractivity contribution in [3.63, 3.8) is 0 Å². The Hall–Kier alpha value is -3.72. The van der Waals surface area contributed by atoms with E-state index < -0.39 is 0 Å². The minimum atomic E-state index is -0.215. The molecule has 0 heterocycles. The molecule has 0 saturated carbocycles. The van der Waals surface area contributed by atoms with Crippen molar-refractivity contribution in [1.29, 1.82) is 0 Å². The van der Waals surface area contributed by atoms with Crippen molar-refractivity contribution in [2.75, 3.05) is 17.2 Å². The minimum Gasteiger partial charge on any atom is -0.399 e. The molecule has 3 nitrogen and oxygen atoms in total. The van der Waals surface area contributed by atoms with Crippen molar-refractivity contribution >= 4 is 17.1 Å².